The number of nitrogens with zero attached hydrogens (tertiary/aromatic N) is 3. The molecule has 0 spiro atoms. The molecule has 0 radical (unpaired) electrons. The van der Waals surface area contributed by atoms with Crippen molar-refractivity contribution in [2.45, 2.75) is 13.0 Å². The predicted octanol–water partition coefficient (Wildman–Crippen LogP) is 1.32. The molecular weight excluding hydrogens is 333 g/mol. The van der Waals surface area contributed by atoms with Gasteiger partial charge in [0, 0.05) is 32.7 Å². The fourth-order valence-corrected chi connectivity index (χ4v) is 2.96. The fraction of sp³-hybridized carbons (Fsp3) is 0.632. The lowest BCUT2D eigenvalue weighted by Crippen LogP contribution is -2.44. The number of halogens is 1. The molecule has 6 nitrogen and oxygen atoms in total. The molecule has 1 unspecified atom stereocenters. The van der Waals surface area contributed by atoms with E-state index in [-0.39, 0.29) is 11.9 Å². The molecule has 0 bridgehead atoms. The molecule has 2 N–H and O–H groups in total. The number of hydrogen-bond acceptors (Lipinski definition) is 4. The van der Waals surface area contributed by atoms with Crippen molar-refractivity contribution in [2.24, 2.45) is 4.99 Å². The topological polar surface area (TPSA) is 52.1 Å². The molecule has 26 heavy (non-hydrogen) atoms. The van der Waals surface area contributed by atoms with E-state index in [0.717, 1.165) is 57.5 Å². The highest BCUT2D eigenvalue weighted by molar-refractivity contribution is 5.79. The minimum Gasteiger partial charge on any atom is -0.379 e. The van der Waals surface area contributed by atoms with Crippen molar-refractivity contribution < 1.29 is 9.13 Å². The lowest BCUT2D eigenvalue weighted by molar-refractivity contribution is 0.0389. The largest absolute Gasteiger partial charge is 0.379 e. The van der Waals surface area contributed by atoms with Gasteiger partial charge in [-0.15, -0.1) is 0 Å². The van der Waals surface area contributed by atoms with E-state index in [0.29, 0.717) is 6.54 Å². The molecule has 1 heterocycles. The van der Waals surface area contributed by atoms with E-state index in [4.69, 9.17) is 9.73 Å². The van der Waals surface area contributed by atoms with Gasteiger partial charge in [0.25, 0.3) is 0 Å². The number of guanidine groups is 1. The molecular formula is C19H32FN5O. The summed E-state index contributed by atoms with van der Waals surface area (Å²) < 4.78 is 18.9. The van der Waals surface area contributed by atoms with Crippen LogP contribution in [0.2, 0.25) is 0 Å². The molecule has 1 aromatic carbocycles. The SMILES string of the molecule is CCNC(=NCC(c1cccc(F)c1)N(C)C)NCCN1CCOCC1. The van der Waals surface area contributed by atoms with E-state index in [1.807, 2.05) is 20.2 Å². The van der Waals surface area contributed by atoms with Gasteiger partial charge < -0.3 is 20.3 Å². The van der Waals surface area contributed by atoms with Crippen molar-refractivity contribution >= 4 is 5.96 Å². The van der Waals surface area contributed by atoms with Crippen LogP contribution in [-0.4, -0.2) is 82.3 Å². The lowest BCUT2D eigenvalue weighted by Gasteiger charge is -2.27. The molecule has 1 aliphatic rings. The normalized spacial score (nSPS) is 17.3. The Labute approximate surface area is 156 Å². The van der Waals surface area contributed by atoms with Crippen LogP contribution in [0.4, 0.5) is 4.39 Å². The summed E-state index contributed by atoms with van der Waals surface area (Å²) in [6, 6.07) is 6.77. The quantitative estimate of drug-likeness (QED) is 0.538. The Kier molecular flexibility index (Phi) is 8.80. The first kappa shape index (κ1) is 20.6. The Balaban J connectivity index is 1.92. The lowest BCUT2D eigenvalue weighted by atomic mass is 10.1. The van der Waals surface area contributed by atoms with Gasteiger partial charge in [0.15, 0.2) is 5.96 Å². The standard InChI is InChI=1S/C19H32FN5O/c1-4-21-19(22-8-9-25-10-12-26-13-11-25)23-15-18(24(2)3)16-6-5-7-17(20)14-16/h5-7,14,18H,4,8-13,15H2,1-3H3,(H2,21,22,23). The maximum atomic E-state index is 13.6. The summed E-state index contributed by atoms with van der Waals surface area (Å²) in [4.78, 5) is 9.16. The Bertz CT molecular complexity index is 561. The van der Waals surface area contributed by atoms with Gasteiger partial charge in [0.1, 0.15) is 5.82 Å². The molecule has 0 saturated carbocycles. The van der Waals surface area contributed by atoms with Crippen LogP contribution < -0.4 is 10.6 Å². The molecule has 1 aliphatic heterocycles. The zero-order valence-corrected chi connectivity index (χ0v) is 16.2. The molecule has 7 heteroatoms. The number of rotatable bonds is 8. The summed E-state index contributed by atoms with van der Waals surface area (Å²) in [5.74, 6) is 0.581. The van der Waals surface area contributed by atoms with Crippen LogP contribution in [0.25, 0.3) is 0 Å². The molecule has 1 atom stereocenters. The summed E-state index contributed by atoms with van der Waals surface area (Å²) >= 11 is 0. The molecule has 1 saturated heterocycles. The first-order chi connectivity index (χ1) is 12.6. The molecule has 0 aromatic heterocycles. The Hall–Kier alpha value is -1.70. The van der Waals surface area contributed by atoms with Crippen molar-refractivity contribution in [3.63, 3.8) is 0 Å². The van der Waals surface area contributed by atoms with Gasteiger partial charge in [0.2, 0.25) is 0 Å². The van der Waals surface area contributed by atoms with Crippen LogP contribution in [-0.2, 0) is 4.74 Å². The van der Waals surface area contributed by atoms with Gasteiger partial charge in [0.05, 0.1) is 25.8 Å². The van der Waals surface area contributed by atoms with Crippen LogP contribution >= 0.6 is 0 Å². The van der Waals surface area contributed by atoms with Crippen molar-refractivity contribution in [1.82, 2.24) is 20.4 Å². The minimum absolute atomic E-state index is 0.0281. The van der Waals surface area contributed by atoms with E-state index in [1.165, 1.54) is 6.07 Å². The number of ether oxygens (including phenoxy) is 1. The molecule has 146 valence electrons. The molecule has 1 aromatic rings. The highest BCUT2D eigenvalue weighted by Crippen LogP contribution is 2.19. The van der Waals surface area contributed by atoms with Crippen LogP contribution in [0.3, 0.4) is 0 Å². The third-order valence-corrected chi connectivity index (χ3v) is 4.45. The van der Waals surface area contributed by atoms with Crippen molar-refractivity contribution in [2.75, 3.05) is 66.6 Å². The summed E-state index contributed by atoms with van der Waals surface area (Å²) in [7, 11) is 3.98. The minimum atomic E-state index is -0.214. The van der Waals surface area contributed by atoms with Gasteiger partial charge in [-0.1, -0.05) is 12.1 Å². The predicted molar refractivity (Wildman–Crippen MR) is 104 cm³/mol. The van der Waals surface area contributed by atoms with E-state index in [2.05, 4.69) is 27.4 Å². The molecule has 0 aliphatic carbocycles. The number of likely N-dealkylation sites (N-methyl/N-ethyl adjacent to an activating group) is 1. The van der Waals surface area contributed by atoms with Gasteiger partial charge in [-0.25, -0.2) is 4.39 Å². The van der Waals surface area contributed by atoms with Gasteiger partial charge in [-0.05, 0) is 38.7 Å². The second kappa shape index (κ2) is 11.1. The first-order valence-electron chi connectivity index (χ1n) is 9.34. The number of hydrogen-bond donors (Lipinski definition) is 2. The molecule has 0 amide bonds. The number of morpholine rings is 1. The van der Waals surface area contributed by atoms with E-state index >= 15 is 0 Å². The molecule has 1 fully saturated rings. The highest BCUT2D eigenvalue weighted by Gasteiger charge is 2.15. The number of nitrogens with one attached hydrogen (secondary N) is 2. The fourth-order valence-electron chi connectivity index (χ4n) is 2.96. The zero-order valence-electron chi connectivity index (χ0n) is 16.2. The van der Waals surface area contributed by atoms with Crippen molar-refractivity contribution in [1.29, 1.82) is 0 Å². The summed E-state index contributed by atoms with van der Waals surface area (Å²) in [6.07, 6.45) is 0. The highest BCUT2D eigenvalue weighted by atomic mass is 19.1. The van der Waals surface area contributed by atoms with Crippen LogP contribution in [0, 0.1) is 5.82 Å². The van der Waals surface area contributed by atoms with Crippen molar-refractivity contribution in [3.8, 4) is 0 Å². The monoisotopic (exact) mass is 365 g/mol. The summed E-state index contributed by atoms with van der Waals surface area (Å²) in [5.41, 5.74) is 0.933. The van der Waals surface area contributed by atoms with E-state index in [9.17, 15) is 4.39 Å². The summed E-state index contributed by atoms with van der Waals surface area (Å²) in [5, 5.41) is 6.67. The third kappa shape index (κ3) is 6.90. The van der Waals surface area contributed by atoms with Gasteiger partial charge in [-0.3, -0.25) is 9.89 Å². The first-order valence-corrected chi connectivity index (χ1v) is 9.34. The van der Waals surface area contributed by atoms with Gasteiger partial charge in [-0.2, -0.15) is 0 Å². The third-order valence-electron chi connectivity index (χ3n) is 4.45. The Morgan fingerprint density at radius 1 is 1.31 bits per heavy atom. The average Bonchev–Trinajstić information content (AvgIpc) is 2.62. The van der Waals surface area contributed by atoms with Crippen LogP contribution in [0.1, 0.15) is 18.5 Å². The number of aliphatic imine (C=N–C) groups is 1. The Morgan fingerprint density at radius 3 is 2.73 bits per heavy atom. The maximum absolute atomic E-state index is 13.6. The van der Waals surface area contributed by atoms with Crippen LogP contribution in [0.15, 0.2) is 29.3 Å². The second-order valence-corrected chi connectivity index (χ2v) is 6.63. The Morgan fingerprint density at radius 2 is 2.08 bits per heavy atom. The average molecular weight is 365 g/mol. The summed E-state index contributed by atoms with van der Waals surface area (Å²) in [6.45, 7) is 8.80. The van der Waals surface area contributed by atoms with E-state index < -0.39 is 0 Å². The van der Waals surface area contributed by atoms with E-state index in [1.54, 1.807) is 12.1 Å². The van der Waals surface area contributed by atoms with Gasteiger partial charge >= 0.3 is 0 Å². The maximum Gasteiger partial charge on any atom is 0.191 e. The smallest absolute Gasteiger partial charge is 0.191 e. The number of benzene rings is 1. The second-order valence-electron chi connectivity index (χ2n) is 6.63. The zero-order chi connectivity index (χ0) is 18.8. The van der Waals surface area contributed by atoms with Crippen molar-refractivity contribution in [3.05, 3.63) is 35.6 Å². The molecule has 2 rings (SSSR count). The van der Waals surface area contributed by atoms with Crippen LogP contribution in [0.5, 0.6) is 0 Å².